The zero-order valence-corrected chi connectivity index (χ0v) is 11.4. The Hall–Kier alpha value is -1.39. The van der Waals surface area contributed by atoms with Crippen LogP contribution in [0.5, 0.6) is 5.75 Å². The SMILES string of the molecule is CCc1cccc(OCCc2csc(CN)n2)c1. The molecule has 0 unspecified atom stereocenters. The summed E-state index contributed by atoms with van der Waals surface area (Å²) in [5, 5.41) is 3.03. The van der Waals surface area contributed by atoms with E-state index in [0.29, 0.717) is 13.2 Å². The van der Waals surface area contributed by atoms with E-state index in [1.165, 1.54) is 5.56 Å². The molecule has 1 heterocycles. The van der Waals surface area contributed by atoms with E-state index in [9.17, 15) is 0 Å². The Bertz CT molecular complexity index is 496. The molecule has 0 atom stereocenters. The second-order valence-corrected chi connectivity index (χ2v) is 4.98. The van der Waals surface area contributed by atoms with Gasteiger partial charge in [0, 0.05) is 18.3 Å². The lowest BCUT2D eigenvalue weighted by molar-refractivity contribution is 0.320. The molecule has 0 bridgehead atoms. The maximum absolute atomic E-state index is 5.73. The van der Waals surface area contributed by atoms with E-state index < -0.39 is 0 Å². The van der Waals surface area contributed by atoms with Crippen molar-refractivity contribution in [2.75, 3.05) is 6.61 Å². The summed E-state index contributed by atoms with van der Waals surface area (Å²) >= 11 is 1.61. The number of thiazole rings is 1. The predicted molar refractivity (Wildman–Crippen MR) is 75.0 cm³/mol. The lowest BCUT2D eigenvalue weighted by atomic mass is 10.2. The molecule has 2 N–H and O–H groups in total. The van der Waals surface area contributed by atoms with Gasteiger partial charge in [0.15, 0.2) is 0 Å². The van der Waals surface area contributed by atoms with Crippen molar-refractivity contribution >= 4 is 11.3 Å². The summed E-state index contributed by atoms with van der Waals surface area (Å²) in [5.41, 5.74) is 7.89. The quantitative estimate of drug-likeness (QED) is 0.871. The Morgan fingerprint density at radius 2 is 2.28 bits per heavy atom. The van der Waals surface area contributed by atoms with Crippen molar-refractivity contribution in [2.24, 2.45) is 5.73 Å². The van der Waals surface area contributed by atoms with E-state index >= 15 is 0 Å². The monoisotopic (exact) mass is 262 g/mol. The van der Waals surface area contributed by atoms with E-state index in [0.717, 1.165) is 29.3 Å². The summed E-state index contributed by atoms with van der Waals surface area (Å²) in [7, 11) is 0. The van der Waals surface area contributed by atoms with Crippen LogP contribution in [-0.4, -0.2) is 11.6 Å². The summed E-state index contributed by atoms with van der Waals surface area (Å²) in [6.07, 6.45) is 1.86. The fourth-order valence-corrected chi connectivity index (χ4v) is 2.39. The van der Waals surface area contributed by atoms with Gasteiger partial charge >= 0.3 is 0 Å². The van der Waals surface area contributed by atoms with Crippen molar-refractivity contribution in [3.8, 4) is 5.75 Å². The molecule has 1 aromatic carbocycles. The van der Waals surface area contributed by atoms with Gasteiger partial charge in [-0.05, 0) is 24.1 Å². The molecule has 2 aromatic rings. The van der Waals surface area contributed by atoms with Crippen LogP contribution in [0.15, 0.2) is 29.6 Å². The number of nitrogens with two attached hydrogens (primary N) is 1. The fraction of sp³-hybridized carbons (Fsp3) is 0.357. The second kappa shape index (κ2) is 6.52. The summed E-state index contributed by atoms with van der Waals surface area (Å²) in [4.78, 5) is 4.41. The van der Waals surface area contributed by atoms with Gasteiger partial charge < -0.3 is 10.5 Å². The molecule has 0 aliphatic rings. The van der Waals surface area contributed by atoms with Crippen LogP contribution >= 0.6 is 11.3 Å². The topological polar surface area (TPSA) is 48.1 Å². The highest BCUT2D eigenvalue weighted by Gasteiger charge is 2.01. The van der Waals surface area contributed by atoms with E-state index in [4.69, 9.17) is 10.5 Å². The minimum absolute atomic E-state index is 0.518. The third-order valence-electron chi connectivity index (χ3n) is 2.71. The van der Waals surface area contributed by atoms with Gasteiger partial charge in [0.1, 0.15) is 10.8 Å². The van der Waals surface area contributed by atoms with E-state index in [1.807, 2.05) is 17.5 Å². The maximum atomic E-state index is 5.73. The number of aryl methyl sites for hydroxylation is 1. The lowest BCUT2D eigenvalue weighted by Gasteiger charge is -2.06. The summed E-state index contributed by atoms with van der Waals surface area (Å²) in [5.74, 6) is 0.934. The van der Waals surface area contributed by atoms with Gasteiger partial charge in [-0.2, -0.15) is 0 Å². The van der Waals surface area contributed by atoms with Crippen LogP contribution in [0.1, 0.15) is 23.2 Å². The molecule has 2 rings (SSSR count). The number of aromatic nitrogens is 1. The average molecular weight is 262 g/mol. The van der Waals surface area contributed by atoms with Gasteiger partial charge in [-0.3, -0.25) is 0 Å². The van der Waals surface area contributed by atoms with Crippen LogP contribution in [0, 0.1) is 0 Å². The van der Waals surface area contributed by atoms with Crippen molar-refractivity contribution in [3.63, 3.8) is 0 Å². The van der Waals surface area contributed by atoms with E-state index in [-0.39, 0.29) is 0 Å². The minimum Gasteiger partial charge on any atom is -0.493 e. The van der Waals surface area contributed by atoms with Gasteiger partial charge in [0.2, 0.25) is 0 Å². The van der Waals surface area contributed by atoms with Gasteiger partial charge in [-0.25, -0.2) is 4.98 Å². The number of rotatable bonds is 6. The molecule has 0 saturated heterocycles. The molecule has 0 aliphatic heterocycles. The van der Waals surface area contributed by atoms with Crippen molar-refractivity contribution in [2.45, 2.75) is 26.3 Å². The van der Waals surface area contributed by atoms with Gasteiger partial charge in [-0.1, -0.05) is 19.1 Å². The van der Waals surface area contributed by atoms with Crippen molar-refractivity contribution in [1.29, 1.82) is 0 Å². The number of nitrogens with zero attached hydrogens (tertiary/aromatic N) is 1. The molecule has 18 heavy (non-hydrogen) atoms. The number of hydrogen-bond acceptors (Lipinski definition) is 4. The first-order valence-electron chi connectivity index (χ1n) is 6.17. The molecular formula is C14H18N2OS. The molecule has 1 aromatic heterocycles. The van der Waals surface area contributed by atoms with Crippen LogP contribution in [0.25, 0.3) is 0 Å². The number of ether oxygens (including phenoxy) is 1. The zero-order valence-electron chi connectivity index (χ0n) is 10.6. The van der Waals surface area contributed by atoms with Gasteiger partial charge in [-0.15, -0.1) is 11.3 Å². The normalized spacial score (nSPS) is 10.6. The highest BCUT2D eigenvalue weighted by atomic mass is 32.1. The first-order chi connectivity index (χ1) is 8.81. The van der Waals surface area contributed by atoms with Crippen molar-refractivity contribution in [1.82, 2.24) is 4.98 Å². The largest absolute Gasteiger partial charge is 0.493 e. The third kappa shape index (κ3) is 3.55. The molecule has 0 spiro atoms. The molecule has 4 heteroatoms. The number of hydrogen-bond donors (Lipinski definition) is 1. The van der Waals surface area contributed by atoms with E-state index in [2.05, 4.69) is 24.0 Å². The molecule has 0 radical (unpaired) electrons. The van der Waals surface area contributed by atoms with Crippen molar-refractivity contribution in [3.05, 3.63) is 45.9 Å². The Balaban J connectivity index is 1.84. The Morgan fingerprint density at radius 1 is 1.39 bits per heavy atom. The second-order valence-electron chi connectivity index (χ2n) is 4.04. The Labute approximate surface area is 112 Å². The molecule has 0 aliphatic carbocycles. The van der Waals surface area contributed by atoms with Crippen LogP contribution in [-0.2, 0) is 19.4 Å². The molecule has 96 valence electrons. The molecule has 0 amide bonds. The minimum atomic E-state index is 0.518. The van der Waals surface area contributed by atoms with Crippen LogP contribution < -0.4 is 10.5 Å². The summed E-state index contributed by atoms with van der Waals surface area (Å²) < 4.78 is 5.73. The first kappa shape index (κ1) is 13.1. The molecule has 0 saturated carbocycles. The molecule has 3 nitrogen and oxygen atoms in total. The van der Waals surface area contributed by atoms with Crippen LogP contribution in [0.3, 0.4) is 0 Å². The Kier molecular flexibility index (Phi) is 4.73. The van der Waals surface area contributed by atoms with Crippen LogP contribution in [0.4, 0.5) is 0 Å². The predicted octanol–water partition coefficient (Wildman–Crippen LogP) is 2.79. The van der Waals surface area contributed by atoms with Crippen LogP contribution in [0.2, 0.25) is 0 Å². The standard InChI is InChI=1S/C14H18N2OS/c1-2-11-4-3-5-13(8-11)17-7-6-12-10-18-14(9-15)16-12/h3-5,8,10H,2,6-7,9,15H2,1H3. The highest BCUT2D eigenvalue weighted by molar-refractivity contribution is 7.09. The highest BCUT2D eigenvalue weighted by Crippen LogP contribution is 2.15. The van der Waals surface area contributed by atoms with Gasteiger partial charge in [0.25, 0.3) is 0 Å². The summed E-state index contributed by atoms with van der Waals surface area (Å²) in [6.45, 7) is 3.31. The first-order valence-corrected chi connectivity index (χ1v) is 7.05. The lowest BCUT2D eigenvalue weighted by Crippen LogP contribution is -2.02. The van der Waals surface area contributed by atoms with Crippen molar-refractivity contribution < 1.29 is 4.74 Å². The average Bonchev–Trinajstić information content (AvgIpc) is 2.87. The molecular weight excluding hydrogens is 244 g/mol. The third-order valence-corrected chi connectivity index (χ3v) is 3.63. The zero-order chi connectivity index (χ0) is 12.8. The smallest absolute Gasteiger partial charge is 0.119 e. The number of benzene rings is 1. The van der Waals surface area contributed by atoms with E-state index in [1.54, 1.807) is 11.3 Å². The summed E-state index contributed by atoms with van der Waals surface area (Å²) in [6, 6.07) is 8.22. The fourth-order valence-electron chi connectivity index (χ4n) is 1.69. The molecule has 0 fully saturated rings. The maximum Gasteiger partial charge on any atom is 0.119 e. The van der Waals surface area contributed by atoms with Gasteiger partial charge in [0.05, 0.1) is 12.3 Å². The Morgan fingerprint density at radius 3 is 3.00 bits per heavy atom.